The molecule has 0 bridgehead atoms. The minimum absolute atomic E-state index is 0.163. The van der Waals surface area contributed by atoms with Crippen molar-refractivity contribution in [3.8, 4) is 0 Å². The Kier molecular flexibility index (Phi) is 3.42. The molecule has 0 unspecified atom stereocenters. The Morgan fingerprint density at radius 3 is 2.25 bits per heavy atom. The van der Waals surface area contributed by atoms with Crippen molar-refractivity contribution in [1.29, 1.82) is 0 Å². The SMILES string of the molecule is OC[C@@H]1CN[C@@H](CO)[C@H](O)[C@@H]1O. The summed E-state index contributed by atoms with van der Waals surface area (Å²) in [5.74, 6) is -0.345. The van der Waals surface area contributed by atoms with Gasteiger partial charge in [-0.3, -0.25) is 0 Å². The topological polar surface area (TPSA) is 93.0 Å². The highest BCUT2D eigenvalue weighted by Crippen LogP contribution is 2.15. The lowest BCUT2D eigenvalue weighted by atomic mass is 9.90. The molecule has 72 valence electrons. The van der Waals surface area contributed by atoms with Crippen LogP contribution in [0.3, 0.4) is 0 Å². The van der Waals surface area contributed by atoms with Crippen molar-refractivity contribution in [1.82, 2.24) is 5.32 Å². The molecule has 0 radical (unpaired) electrons. The zero-order valence-electron chi connectivity index (χ0n) is 6.72. The minimum Gasteiger partial charge on any atom is -0.396 e. The number of rotatable bonds is 2. The first-order valence-corrected chi connectivity index (χ1v) is 4.02. The first kappa shape index (κ1) is 9.88. The smallest absolute Gasteiger partial charge is 0.0978 e. The van der Waals surface area contributed by atoms with Crippen LogP contribution in [-0.2, 0) is 0 Å². The maximum atomic E-state index is 9.38. The zero-order valence-corrected chi connectivity index (χ0v) is 6.72. The number of aliphatic hydroxyl groups excluding tert-OH is 4. The lowest BCUT2D eigenvalue weighted by molar-refractivity contribution is -0.0792. The summed E-state index contributed by atoms with van der Waals surface area (Å²) in [6.07, 6.45) is -1.95. The Labute approximate surface area is 70.6 Å². The maximum Gasteiger partial charge on any atom is 0.0978 e. The fourth-order valence-corrected chi connectivity index (χ4v) is 1.41. The monoisotopic (exact) mass is 177 g/mol. The first-order valence-electron chi connectivity index (χ1n) is 4.02. The van der Waals surface area contributed by atoms with Crippen LogP contribution in [0.5, 0.6) is 0 Å². The molecule has 4 atom stereocenters. The van der Waals surface area contributed by atoms with E-state index in [0.29, 0.717) is 6.54 Å². The van der Waals surface area contributed by atoms with Gasteiger partial charge in [0.1, 0.15) is 0 Å². The van der Waals surface area contributed by atoms with Crippen molar-refractivity contribution in [2.24, 2.45) is 5.92 Å². The molecule has 1 heterocycles. The van der Waals surface area contributed by atoms with Crippen molar-refractivity contribution in [3.05, 3.63) is 0 Å². The van der Waals surface area contributed by atoms with Gasteiger partial charge in [-0.1, -0.05) is 0 Å². The average Bonchev–Trinajstić information content (AvgIpc) is 2.10. The van der Waals surface area contributed by atoms with Crippen LogP contribution in [0.25, 0.3) is 0 Å². The molecular weight excluding hydrogens is 162 g/mol. The Hall–Kier alpha value is -0.200. The lowest BCUT2D eigenvalue weighted by Gasteiger charge is -2.36. The Morgan fingerprint density at radius 2 is 1.75 bits per heavy atom. The van der Waals surface area contributed by atoms with E-state index in [0.717, 1.165) is 0 Å². The Balaban J connectivity index is 2.52. The third-order valence-electron chi connectivity index (χ3n) is 2.32. The van der Waals surface area contributed by atoms with Crippen molar-refractivity contribution < 1.29 is 20.4 Å². The standard InChI is InChI=1S/C7H15NO4/c9-2-4-1-8-5(3-10)7(12)6(4)11/h4-12H,1-3H2/t4-,5-,6+,7-/m0/s1. The van der Waals surface area contributed by atoms with E-state index in [1.54, 1.807) is 0 Å². The van der Waals surface area contributed by atoms with Crippen molar-refractivity contribution in [3.63, 3.8) is 0 Å². The summed E-state index contributed by atoms with van der Waals surface area (Å²) in [5, 5.41) is 39.1. The molecule has 1 saturated heterocycles. The third kappa shape index (κ3) is 1.75. The van der Waals surface area contributed by atoms with Crippen LogP contribution in [0, 0.1) is 5.92 Å². The highest BCUT2D eigenvalue weighted by atomic mass is 16.3. The number of hydrogen-bond donors (Lipinski definition) is 5. The maximum absolute atomic E-state index is 9.38. The second-order valence-corrected chi connectivity index (χ2v) is 3.12. The molecule has 0 aromatic heterocycles. The van der Waals surface area contributed by atoms with Gasteiger partial charge in [0.05, 0.1) is 24.9 Å². The first-order chi connectivity index (χ1) is 5.70. The van der Waals surface area contributed by atoms with Gasteiger partial charge in [-0.2, -0.15) is 0 Å². The van der Waals surface area contributed by atoms with Crippen LogP contribution in [0.1, 0.15) is 0 Å². The van der Waals surface area contributed by atoms with Crippen molar-refractivity contribution >= 4 is 0 Å². The molecule has 1 rings (SSSR count). The van der Waals surface area contributed by atoms with E-state index in [4.69, 9.17) is 10.2 Å². The van der Waals surface area contributed by atoms with Gasteiger partial charge < -0.3 is 25.7 Å². The summed E-state index contributed by atoms with van der Waals surface area (Å²) < 4.78 is 0. The second kappa shape index (κ2) is 4.15. The van der Waals surface area contributed by atoms with Gasteiger partial charge in [0.15, 0.2) is 0 Å². The molecule has 0 saturated carbocycles. The van der Waals surface area contributed by atoms with Crippen molar-refractivity contribution in [2.75, 3.05) is 19.8 Å². The van der Waals surface area contributed by atoms with Gasteiger partial charge in [-0.05, 0) is 0 Å². The quantitative estimate of drug-likeness (QED) is 0.316. The van der Waals surface area contributed by atoms with E-state index in [9.17, 15) is 10.2 Å². The average molecular weight is 177 g/mol. The number of nitrogens with one attached hydrogen (secondary N) is 1. The zero-order chi connectivity index (χ0) is 9.14. The van der Waals surface area contributed by atoms with E-state index in [-0.39, 0.29) is 19.1 Å². The number of hydrogen-bond acceptors (Lipinski definition) is 5. The molecule has 0 aromatic carbocycles. The minimum atomic E-state index is -0.999. The molecule has 5 nitrogen and oxygen atoms in total. The summed E-state index contributed by atoms with van der Waals surface area (Å²) in [7, 11) is 0. The summed E-state index contributed by atoms with van der Waals surface area (Å²) in [5.41, 5.74) is 0. The van der Waals surface area contributed by atoms with Gasteiger partial charge in [-0.15, -0.1) is 0 Å². The van der Waals surface area contributed by atoms with E-state index < -0.39 is 18.2 Å². The van der Waals surface area contributed by atoms with Crippen molar-refractivity contribution in [2.45, 2.75) is 18.2 Å². The molecule has 1 fully saturated rings. The molecule has 0 amide bonds. The molecule has 5 heteroatoms. The molecule has 1 aliphatic rings. The van der Waals surface area contributed by atoms with Gasteiger partial charge in [0.25, 0.3) is 0 Å². The fourth-order valence-electron chi connectivity index (χ4n) is 1.41. The summed E-state index contributed by atoms with van der Waals surface area (Å²) in [6.45, 7) is 0.0414. The van der Waals surface area contributed by atoms with E-state index in [1.165, 1.54) is 0 Å². The largest absolute Gasteiger partial charge is 0.396 e. The normalized spacial score (nSPS) is 43.0. The van der Waals surface area contributed by atoms with E-state index in [2.05, 4.69) is 5.32 Å². The lowest BCUT2D eigenvalue weighted by Crippen LogP contribution is -2.59. The van der Waals surface area contributed by atoms with Crippen LogP contribution in [-0.4, -0.2) is 58.4 Å². The van der Waals surface area contributed by atoms with E-state index >= 15 is 0 Å². The molecule has 5 N–H and O–H groups in total. The van der Waals surface area contributed by atoms with Crippen LogP contribution in [0.2, 0.25) is 0 Å². The van der Waals surface area contributed by atoms with Gasteiger partial charge in [0, 0.05) is 19.1 Å². The fraction of sp³-hybridized carbons (Fsp3) is 1.00. The van der Waals surface area contributed by atoms with Crippen LogP contribution in [0.4, 0.5) is 0 Å². The molecule has 1 aliphatic heterocycles. The van der Waals surface area contributed by atoms with Crippen LogP contribution >= 0.6 is 0 Å². The summed E-state index contributed by atoms with van der Waals surface area (Å²) in [4.78, 5) is 0. The molecule has 0 spiro atoms. The second-order valence-electron chi connectivity index (χ2n) is 3.12. The van der Waals surface area contributed by atoms with Crippen LogP contribution < -0.4 is 5.32 Å². The van der Waals surface area contributed by atoms with Crippen LogP contribution in [0.15, 0.2) is 0 Å². The molecule has 0 aromatic rings. The summed E-state index contributed by atoms with van der Waals surface area (Å²) >= 11 is 0. The summed E-state index contributed by atoms with van der Waals surface area (Å²) in [6, 6.07) is -0.484. The predicted molar refractivity (Wildman–Crippen MR) is 41.5 cm³/mol. The van der Waals surface area contributed by atoms with E-state index in [1.807, 2.05) is 0 Å². The Morgan fingerprint density at radius 1 is 1.08 bits per heavy atom. The molecular formula is C7H15NO4. The van der Waals surface area contributed by atoms with Gasteiger partial charge >= 0.3 is 0 Å². The highest BCUT2D eigenvalue weighted by Gasteiger charge is 2.36. The highest BCUT2D eigenvalue weighted by molar-refractivity contribution is 4.91. The predicted octanol–water partition coefficient (Wildman–Crippen LogP) is -2.72. The number of piperidine rings is 1. The third-order valence-corrected chi connectivity index (χ3v) is 2.32. The molecule has 12 heavy (non-hydrogen) atoms. The van der Waals surface area contributed by atoms with Gasteiger partial charge in [0.2, 0.25) is 0 Å². The van der Waals surface area contributed by atoms with Gasteiger partial charge in [-0.25, -0.2) is 0 Å². The number of aliphatic hydroxyl groups is 4. The molecule has 0 aliphatic carbocycles. The Bertz CT molecular complexity index is 127.